The number of aromatic nitrogens is 6. The number of aromatic amines is 3. The number of rotatable bonds is 5. The SMILES string of the molecule is CCc1cccc2c(Nc3cc(C)[nH]n3)nc(-c3ccc4[nH][nH]c(=O)c4c3OC(F)(F)F)nc12. The number of nitrogens with one attached hydrogen (secondary N) is 4. The number of para-hydroxylation sites is 1. The van der Waals surface area contributed by atoms with Gasteiger partial charge in [0.1, 0.15) is 11.2 Å². The summed E-state index contributed by atoms with van der Waals surface area (Å²) < 4.78 is 44.3. The maximum atomic E-state index is 13.3. The van der Waals surface area contributed by atoms with Gasteiger partial charge in [0.25, 0.3) is 5.56 Å². The lowest BCUT2D eigenvalue weighted by Crippen LogP contribution is -2.19. The summed E-state index contributed by atoms with van der Waals surface area (Å²) in [6, 6.07) is 10.2. The fourth-order valence-electron chi connectivity index (χ4n) is 3.81. The maximum Gasteiger partial charge on any atom is 0.573 e. The molecule has 5 rings (SSSR count). The predicted octanol–water partition coefficient (Wildman–Crippen LogP) is 4.70. The van der Waals surface area contributed by atoms with Gasteiger partial charge in [0.05, 0.1) is 16.6 Å². The molecular weight excluding hydrogens is 451 g/mol. The van der Waals surface area contributed by atoms with Crippen molar-refractivity contribution in [1.82, 2.24) is 30.4 Å². The third kappa shape index (κ3) is 3.83. The molecule has 9 nitrogen and oxygen atoms in total. The van der Waals surface area contributed by atoms with E-state index < -0.39 is 17.7 Å². The number of alkyl halides is 3. The topological polar surface area (TPSA) is 124 Å². The number of aryl methyl sites for hydroxylation is 2. The van der Waals surface area contributed by atoms with Gasteiger partial charge < -0.3 is 10.1 Å². The van der Waals surface area contributed by atoms with Gasteiger partial charge in [-0.3, -0.25) is 20.1 Å². The van der Waals surface area contributed by atoms with Gasteiger partial charge in [-0.15, -0.1) is 13.2 Å². The van der Waals surface area contributed by atoms with Gasteiger partial charge >= 0.3 is 6.36 Å². The van der Waals surface area contributed by atoms with Gasteiger partial charge in [-0.1, -0.05) is 19.1 Å². The van der Waals surface area contributed by atoms with Gasteiger partial charge in [-0.2, -0.15) is 5.10 Å². The van der Waals surface area contributed by atoms with Crippen LogP contribution in [0.25, 0.3) is 33.2 Å². The van der Waals surface area contributed by atoms with Crippen LogP contribution in [0.3, 0.4) is 0 Å². The number of hydrogen-bond donors (Lipinski definition) is 4. The summed E-state index contributed by atoms with van der Waals surface area (Å²) in [5, 5.41) is 15.3. The second-order valence-corrected chi connectivity index (χ2v) is 7.62. The molecule has 2 aromatic carbocycles. The number of nitrogens with zero attached hydrogens (tertiary/aromatic N) is 3. The van der Waals surface area contributed by atoms with Gasteiger partial charge in [-0.25, -0.2) is 9.97 Å². The first-order chi connectivity index (χ1) is 16.2. The van der Waals surface area contributed by atoms with E-state index in [2.05, 4.69) is 40.4 Å². The zero-order valence-corrected chi connectivity index (χ0v) is 18.0. The summed E-state index contributed by atoms with van der Waals surface area (Å²) in [6.45, 7) is 3.78. The summed E-state index contributed by atoms with van der Waals surface area (Å²) in [7, 11) is 0. The highest BCUT2D eigenvalue weighted by Gasteiger charge is 2.34. The Labute approximate surface area is 189 Å². The lowest BCUT2D eigenvalue weighted by molar-refractivity contribution is -0.273. The third-order valence-electron chi connectivity index (χ3n) is 5.30. The molecule has 0 radical (unpaired) electrons. The minimum Gasteiger partial charge on any atom is -0.404 e. The van der Waals surface area contributed by atoms with Crippen LogP contribution in [-0.2, 0) is 6.42 Å². The lowest BCUT2D eigenvalue weighted by atomic mass is 10.1. The lowest BCUT2D eigenvalue weighted by Gasteiger charge is -2.15. The molecule has 0 saturated heterocycles. The monoisotopic (exact) mass is 469 g/mol. The molecule has 174 valence electrons. The molecule has 12 heteroatoms. The number of fused-ring (bicyclic) bond motifs is 2. The molecule has 0 atom stereocenters. The van der Waals surface area contributed by atoms with E-state index in [0.29, 0.717) is 29.0 Å². The van der Waals surface area contributed by atoms with Crippen LogP contribution in [0.15, 0.2) is 41.2 Å². The van der Waals surface area contributed by atoms with Gasteiger partial charge in [0.2, 0.25) is 0 Å². The zero-order valence-electron chi connectivity index (χ0n) is 18.0. The second-order valence-electron chi connectivity index (χ2n) is 7.62. The molecule has 0 amide bonds. The minimum absolute atomic E-state index is 0.0371. The molecule has 0 saturated carbocycles. The predicted molar refractivity (Wildman–Crippen MR) is 120 cm³/mol. The Bertz CT molecular complexity index is 1580. The van der Waals surface area contributed by atoms with E-state index in [4.69, 9.17) is 0 Å². The molecule has 0 bridgehead atoms. The highest BCUT2D eigenvalue weighted by atomic mass is 19.4. The number of ether oxygens (including phenoxy) is 1. The molecule has 34 heavy (non-hydrogen) atoms. The van der Waals surface area contributed by atoms with Gasteiger partial charge in [0, 0.05) is 17.1 Å². The molecule has 0 fully saturated rings. The van der Waals surface area contributed by atoms with Crippen LogP contribution in [0, 0.1) is 6.92 Å². The van der Waals surface area contributed by atoms with E-state index in [-0.39, 0.29) is 22.3 Å². The minimum atomic E-state index is -5.04. The normalized spacial score (nSPS) is 11.9. The van der Waals surface area contributed by atoms with E-state index in [1.165, 1.54) is 12.1 Å². The summed E-state index contributed by atoms with van der Waals surface area (Å²) in [6.07, 6.45) is -4.40. The standard InChI is InChI=1S/C22H18F3N7O2/c1-3-11-5-4-6-12-17(11)27-20(28-19(12)26-15-9-10(2)29-31-15)13-7-8-14-16(21(33)32-30-14)18(13)34-22(23,24)25/h4-9H,3H2,1-2H3,(H2,30,32,33)(H2,26,27,28,29,31). The van der Waals surface area contributed by atoms with Crippen molar-refractivity contribution < 1.29 is 17.9 Å². The number of benzene rings is 2. The largest absolute Gasteiger partial charge is 0.573 e. The average Bonchev–Trinajstić information content (AvgIpc) is 3.37. The van der Waals surface area contributed by atoms with Crippen molar-refractivity contribution in [2.24, 2.45) is 0 Å². The van der Waals surface area contributed by atoms with Crippen molar-refractivity contribution in [2.75, 3.05) is 5.32 Å². The number of H-pyrrole nitrogens is 3. The van der Waals surface area contributed by atoms with E-state index in [0.717, 1.165) is 11.3 Å². The van der Waals surface area contributed by atoms with Crippen LogP contribution >= 0.6 is 0 Å². The summed E-state index contributed by atoms with van der Waals surface area (Å²) in [5.74, 6) is 0.116. The first kappa shape index (κ1) is 21.5. The highest BCUT2D eigenvalue weighted by molar-refractivity contribution is 5.96. The Kier molecular flexibility index (Phi) is 5.00. The Morgan fingerprint density at radius 1 is 1.12 bits per heavy atom. The highest BCUT2D eigenvalue weighted by Crippen LogP contribution is 2.38. The van der Waals surface area contributed by atoms with Crippen molar-refractivity contribution in [1.29, 1.82) is 0 Å². The van der Waals surface area contributed by atoms with Crippen LogP contribution in [-0.4, -0.2) is 36.7 Å². The maximum absolute atomic E-state index is 13.3. The summed E-state index contributed by atoms with van der Waals surface area (Å²) >= 11 is 0. The molecule has 0 aliphatic carbocycles. The Hall–Kier alpha value is -4.35. The fraction of sp³-hybridized carbons (Fsp3) is 0.182. The van der Waals surface area contributed by atoms with Crippen molar-refractivity contribution in [3.05, 3.63) is 58.0 Å². The first-order valence-electron chi connectivity index (χ1n) is 10.3. The zero-order chi connectivity index (χ0) is 24.0. The second kappa shape index (κ2) is 7.90. The Morgan fingerprint density at radius 2 is 1.94 bits per heavy atom. The molecule has 5 aromatic rings. The molecule has 0 aliphatic rings. The van der Waals surface area contributed by atoms with Crippen LogP contribution in [0.5, 0.6) is 5.75 Å². The van der Waals surface area contributed by atoms with Gasteiger partial charge in [-0.05, 0) is 37.1 Å². The molecule has 0 spiro atoms. The van der Waals surface area contributed by atoms with Crippen molar-refractivity contribution >= 4 is 33.4 Å². The van der Waals surface area contributed by atoms with Crippen molar-refractivity contribution in [3.63, 3.8) is 0 Å². The Balaban J connectivity index is 1.79. The molecule has 0 unspecified atom stereocenters. The molecule has 0 aliphatic heterocycles. The van der Waals surface area contributed by atoms with E-state index in [1.54, 1.807) is 6.07 Å². The Morgan fingerprint density at radius 3 is 2.65 bits per heavy atom. The number of hydrogen-bond acceptors (Lipinski definition) is 6. The van der Waals surface area contributed by atoms with E-state index >= 15 is 0 Å². The fourth-order valence-corrected chi connectivity index (χ4v) is 3.81. The van der Waals surface area contributed by atoms with E-state index in [1.807, 2.05) is 32.0 Å². The number of halogens is 3. The first-order valence-corrected chi connectivity index (χ1v) is 10.3. The van der Waals surface area contributed by atoms with Crippen molar-refractivity contribution in [2.45, 2.75) is 26.6 Å². The molecular formula is C22H18F3N7O2. The summed E-state index contributed by atoms with van der Waals surface area (Å²) in [4.78, 5) is 21.4. The third-order valence-corrected chi connectivity index (χ3v) is 5.30. The van der Waals surface area contributed by atoms with Gasteiger partial charge in [0.15, 0.2) is 17.4 Å². The van der Waals surface area contributed by atoms with Crippen LogP contribution in [0.4, 0.5) is 24.8 Å². The molecule has 4 N–H and O–H groups in total. The summed E-state index contributed by atoms with van der Waals surface area (Å²) in [5.41, 5.74) is 1.58. The van der Waals surface area contributed by atoms with E-state index in [9.17, 15) is 18.0 Å². The quantitative estimate of drug-likeness (QED) is 0.296. The smallest absolute Gasteiger partial charge is 0.404 e. The van der Waals surface area contributed by atoms with Crippen LogP contribution < -0.4 is 15.6 Å². The average molecular weight is 469 g/mol. The molecule has 3 heterocycles. The van der Waals surface area contributed by atoms with Crippen LogP contribution in [0.2, 0.25) is 0 Å². The number of anilines is 2. The van der Waals surface area contributed by atoms with Crippen LogP contribution in [0.1, 0.15) is 18.2 Å². The molecule has 3 aromatic heterocycles. The van der Waals surface area contributed by atoms with Crippen molar-refractivity contribution in [3.8, 4) is 17.1 Å².